The molecule has 2 N–H and O–H groups in total. The standard InChI is InChI=1S/C17H20N4O2S/c22-24(23)9-8-14(11-24)18-16-10-15(12-4-2-1-3-5-12)20-17(21-16)19-13-6-7-13/h1-5,10,13-14H,6-9,11H2,(H2,18,19,20,21). The van der Waals surface area contributed by atoms with Crippen molar-refractivity contribution in [2.45, 2.75) is 31.3 Å². The van der Waals surface area contributed by atoms with Crippen molar-refractivity contribution in [3.8, 4) is 11.3 Å². The highest BCUT2D eigenvalue weighted by atomic mass is 32.2. The van der Waals surface area contributed by atoms with Gasteiger partial charge in [-0.05, 0) is 19.3 Å². The molecule has 7 heteroatoms. The minimum Gasteiger partial charge on any atom is -0.366 e. The third-order valence-electron chi connectivity index (χ3n) is 4.29. The first-order valence-corrected chi connectivity index (χ1v) is 10.1. The summed E-state index contributed by atoms with van der Waals surface area (Å²) in [7, 11) is -2.92. The number of anilines is 2. The summed E-state index contributed by atoms with van der Waals surface area (Å²) in [4.78, 5) is 9.13. The first-order valence-electron chi connectivity index (χ1n) is 8.25. The molecule has 1 aromatic carbocycles. The van der Waals surface area contributed by atoms with Crippen molar-refractivity contribution in [1.29, 1.82) is 0 Å². The molecule has 0 spiro atoms. The lowest BCUT2D eigenvalue weighted by molar-refractivity contribution is 0.602. The van der Waals surface area contributed by atoms with E-state index in [-0.39, 0.29) is 17.5 Å². The molecular weight excluding hydrogens is 324 g/mol. The number of nitrogens with zero attached hydrogens (tertiary/aromatic N) is 2. The SMILES string of the molecule is O=S1(=O)CCC(Nc2cc(-c3ccccc3)nc(NC3CC3)n2)C1. The molecule has 4 rings (SSSR count). The van der Waals surface area contributed by atoms with Crippen molar-refractivity contribution in [3.05, 3.63) is 36.4 Å². The summed E-state index contributed by atoms with van der Waals surface area (Å²) in [5.74, 6) is 1.69. The van der Waals surface area contributed by atoms with Gasteiger partial charge in [-0.3, -0.25) is 0 Å². The molecule has 1 unspecified atom stereocenters. The average molecular weight is 344 g/mol. The Labute approximate surface area is 141 Å². The highest BCUT2D eigenvalue weighted by Gasteiger charge is 2.28. The van der Waals surface area contributed by atoms with Gasteiger partial charge in [0.05, 0.1) is 17.2 Å². The van der Waals surface area contributed by atoms with Crippen LogP contribution in [0.1, 0.15) is 19.3 Å². The summed E-state index contributed by atoms with van der Waals surface area (Å²) >= 11 is 0. The minimum atomic E-state index is -2.92. The largest absolute Gasteiger partial charge is 0.366 e. The lowest BCUT2D eigenvalue weighted by Gasteiger charge is -2.14. The van der Waals surface area contributed by atoms with Crippen molar-refractivity contribution in [2.24, 2.45) is 0 Å². The van der Waals surface area contributed by atoms with Crippen molar-refractivity contribution in [3.63, 3.8) is 0 Å². The van der Waals surface area contributed by atoms with Gasteiger partial charge in [0.2, 0.25) is 5.95 Å². The molecule has 1 aromatic heterocycles. The summed E-state index contributed by atoms with van der Waals surface area (Å²) < 4.78 is 23.3. The van der Waals surface area contributed by atoms with Crippen LogP contribution in [0.3, 0.4) is 0 Å². The number of rotatable bonds is 5. The lowest BCUT2D eigenvalue weighted by atomic mass is 10.1. The fourth-order valence-corrected chi connectivity index (χ4v) is 4.54. The molecule has 1 saturated heterocycles. The van der Waals surface area contributed by atoms with Crippen molar-refractivity contribution in [2.75, 3.05) is 22.1 Å². The maximum atomic E-state index is 11.7. The van der Waals surface area contributed by atoms with E-state index in [1.165, 1.54) is 0 Å². The first-order chi connectivity index (χ1) is 11.6. The van der Waals surface area contributed by atoms with Crippen molar-refractivity contribution in [1.82, 2.24) is 9.97 Å². The normalized spacial score (nSPS) is 22.2. The maximum absolute atomic E-state index is 11.7. The zero-order chi connectivity index (χ0) is 16.6. The Balaban J connectivity index is 1.62. The van der Waals surface area contributed by atoms with Gasteiger partial charge in [0.1, 0.15) is 5.82 Å². The van der Waals surface area contributed by atoms with E-state index in [1.54, 1.807) is 0 Å². The number of sulfone groups is 1. The molecule has 0 bridgehead atoms. The molecule has 2 fully saturated rings. The van der Waals surface area contributed by atoms with Gasteiger partial charge in [0.15, 0.2) is 9.84 Å². The molecule has 6 nitrogen and oxygen atoms in total. The molecule has 24 heavy (non-hydrogen) atoms. The number of benzene rings is 1. The van der Waals surface area contributed by atoms with Crippen LogP contribution in [-0.4, -0.2) is 42.0 Å². The Kier molecular flexibility index (Phi) is 3.88. The third kappa shape index (κ3) is 3.67. The molecule has 1 saturated carbocycles. The van der Waals surface area contributed by atoms with Gasteiger partial charge >= 0.3 is 0 Å². The average Bonchev–Trinajstić information content (AvgIpc) is 3.30. The van der Waals surface area contributed by atoms with Crippen molar-refractivity contribution >= 4 is 21.6 Å². The van der Waals surface area contributed by atoms with E-state index in [9.17, 15) is 8.42 Å². The summed E-state index contributed by atoms with van der Waals surface area (Å²) in [6, 6.07) is 12.2. The molecule has 1 aliphatic heterocycles. The van der Waals surface area contributed by atoms with E-state index < -0.39 is 9.84 Å². The summed E-state index contributed by atoms with van der Waals surface area (Å²) in [5.41, 5.74) is 1.85. The number of hydrogen-bond acceptors (Lipinski definition) is 6. The molecule has 0 radical (unpaired) electrons. The van der Waals surface area contributed by atoms with Gasteiger partial charge in [0, 0.05) is 23.7 Å². The summed E-state index contributed by atoms with van der Waals surface area (Å²) in [6.07, 6.45) is 2.91. The molecular formula is C17H20N4O2S. The van der Waals surface area contributed by atoms with Crippen LogP contribution in [0, 0.1) is 0 Å². The van der Waals surface area contributed by atoms with E-state index in [1.807, 2.05) is 36.4 Å². The Morgan fingerprint density at radius 3 is 2.42 bits per heavy atom. The zero-order valence-electron chi connectivity index (χ0n) is 13.3. The molecule has 1 aliphatic carbocycles. The van der Waals surface area contributed by atoms with Gasteiger partial charge in [-0.2, -0.15) is 4.98 Å². The van der Waals surface area contributed by atoms with Crippen LogP contribution in [-0.2, 0) is 9.84 Å². The molecule has 2 aromatic rings. The van der Waals surface area contributed by atoms with E-state index in [4.69, 9.17) is 0 Å². The topological polar surface area (TPSA) is 84.0 Å². The summed E-state index contributed by atoms with van der Waals surface area (Å²) in [6.45, 7) is 0. The molecule has 0 amide bonds. The molecule has 2 aliphatic rings. The highest BCUT2D eigenvalue weighted by molar-refractivity contribution is 7.91. The fourth-order valence-electron chi connectivity index (χ4n) is 2.87. The monoisotopic (exact) mass is 344 g/mol. The predicted molar refractivity (Wildman–Crippen MR) is 94.8 cm³/mol. The second-order valence-corrected chi connectivity index (χ2v) is 8.72. The van der Waals surface area contributed by atoms with E-state index in [2.05, 4.69) is 20.6 Å². The zero-order valence-corrected chi connectivity index (χ0v) is 14.1. The predicted octanol–water partition coefficient (Wildman–Crippen LogP) is 2.32. The smallest absolute Gasteiger partial charge is 0.225 e. The molecule has 1 atom stereocenters. The quantitative estimate of drug-likeness (QED) is 0.866. The molecule has 2 heterocycles. The minimum absolute atomic E-state index is 0.0812. The van der Waals surface area contributed by atoms with Crippen LogP contribution >= 0.6 is 0 Å². The van der Waals surface area contributed by atoms with Crippen LogP contribution in [0.25, 0.3) is 11.3 Å². The Hall–Kier alpha value is -2.15. The van der Waals surface area contributed by atoms with Crippen molar-refractivity contribution < 1.29 is 8.42 Å². The van der Waals surface area contributed by atoms with Crippen LogP contribution in [0.15, 0.2) is 36.4 Å². The number of aromatic nitrogens is 2. The van der Waals surface area contributed by atoms with E-state index in [0.717, 1.165) is 24.1 Å². The van der Waals surface area contributed by atoms with Gasteiger partial charge in [-0.25, -0.2) is 13.4 Å². The van der Waals surface area contributed by atoms with E-state index in [0.29, 0.717) is 24.2 Å². The van der Waals surface area contributed by atoms with Gasteiger partial charge < -0.3 is 10.6 Å². The highest BCUT2D eigenvalue weighted by Crippen LogP contribution is 2.27. The van der Waals surface area contributed by atoms with Gasteiger partial charge in [-0.1, -0.05) is 30.3 Å². The Bertz CT molecular complexity index is 835. The van der Waals surface area contributed by atoms with Crippen LogP contribution in [0.5, 0.6) is 0 Å². The Morgan fingerprint density at radius 2 is 1.75 bits per heavy atom. The third-order valence-corrected chi connectivity index (χ3v) is 6.06. The Morgan fingerprint density at radius 1 is 0.958 bits per heavy atom. The number of nitrogens with one attached hydrogen (secondary N) is 2. The van der Waals surface area contributed by atoms with Crippen LogP contribution < -0.4 is 10.6 Å². The van der Waals surface area contributed by atoms with Crippen LogP contribution in [0.2, 0.25) is 0 Å². The second-order valence-electron chi connectivity index (χ2n) is 6.49. The van der Waals surface area contributed by atoms with Crippen LogP contribution in [0.4, 0.5) is 11.8 Å². The van der Waals surface area contributed by atoms with Gasteiger partial charge in [0.25, 0.3) is 0 Å². The first kappa shape index (κ1) is 15.4. The lowest BCUT2D eigenvalue weighted by Crippen LogP contribution is -2.21. The molecule has 126 valence electrons. The maximum Gasteiger partial charge on any atom is 0.225 e. The van der Waals surface area contributed by atoms with Gasteiger partial charge in [-0.15, -0.1) is 0 Å². The second kappa shape index (κ2) is 6.05. The number of hydrogen-bond donors (Lipinski definition) is 2. The fraction of sp³-hybridized carbons (Fsp3) is 0.412. The summed E-state index contributed by atoms with van der Waals surface area (Å²) in [5, 5.41) is 6.60. The van der Waals surface area contributed by atoms with E-state index >= 15 is 0 Å².